The van der Waals surface area contributed by atoms with E-state index in [0.717, 1.165) is 35.3 Å². The van der Waals surface area contributed by atoms with Gasteiger partial charge < -0.3 is 10.1 Å². The highest BCUT2D eigenvalue weighted by molar-refractivity contribution is 9.10. The van der Waals surface area contributed by atoms with Crippen molar-refractivity contribution < 1.29 is 9.53 Å². The Kier molecular flexibility index (Phi) is 4.46. The molecule has 4 fully saturated rings. The summed E-state index contributed by atoms with van der Waals surface area (Å²) in [4.78, 5) is 11.6. The van der Waals surface area contributed by atoms with E-state index < -0.39 is 0 Å². The zero-order chi connectivity index (χ0) is 16.7. The maximum Gasteiger partial charge on any atom is 0.337 e. The molecule has 0 amide bonds. The van der Waals surface area contributed by atoms with Gasteiger partial charge in [-0.1, -0.05) is 22.0 Å². The van der Waals surface area contributed by atoms with Crippen LogP contribution in [0.2, 0.25) is 0 Å². The molecule has 0 radical (unpaired) electrons. The smallest absolute Gasteiger partial charge is 0.337 e. The van der Waals surface area contributed by atoms with Crippen LogP contribution in [0.4, 0.5) is 0 Å². The fourth-order valence-corrected chi connectivity index (χ4v) is 6.42. The molecule has 4 heteroatoms. The van der Waals surface area contributed by atoms with Crippen LogP contribution in [-0.4, -0.2) is 19.6 Å². The van der Waals surface area contributed by atoms with Gasteiger partial charge in [0.25, 0.3) is 0 Å². The molecule has 3 nitrogen and oxygen atoms in total. The second-order valence-electron chi connectivity index (χ2n) is 8.32. The van der Waals surface area contributed by atoms with Gasteiger partial charge in [0.1, 0.15) is 0 Å². The molecule has 0 spiro atoms. The van der Waals surface area contributed by atoms with Crippen LogP contribution in [0.15, 0.2) is 22.7 Å². The lowest BCUT2D eigenvalue weighted by molar-refractivity contribution is -0.0514. The third-order valence-corrected chi connectivity index (χ3v) is 7.19. The molecule has 1 N–H and O–H groups in total. The van der Waals surface area contributed by atoms with Gasteiger partial charge in [0, 0.05) is 17.6 Å². The van der Waals surface area contributed by atoms with Gasteiger partial charge in [-0.15, -0.1) is 0 Å². The van der Waals surface area contributed by atoms with E-state index in [2.05, 4.69) is 21.2 Å². The first-order valence-corrected chi connectivity index (χ1v) is 9.94. The summed E-state index contributed by atoms with van der Waals surface area (Å²) in [5, 5.41) is 3.72. The van der Waals surface area contributed by atoms with Crippen LogP contribution >= 0.6 is 15.9 Å². The number of esters is 1. The van der Waals surface area contributed by atoms with Crippen molar-refractivity contribution in [1.82, 2.24) is 5.32 Å². The van der Waals surface area contributed by atoms with Crippen molar-refractivity contribution in [2.75, 3.05) is 13.7 Å². The topological polar surface area (TPSA) is 38.3 Å². The van der Waals surface area contributed by atoms with Gasteiger partial charge in [0.15, 0.2) is 0 Å². The zero-order valence-electron chi connectivity index (χ0n) is 14.3. The Morgan fingerprint density at radius 3 is 2.38 bits per heavy atom. The normalized spacial score (nSPS) is 33.7. The lowest BCUT2D eigenvalue weighted by Gasteiger charge is -2.57. The Labute approximate surface area is 152 Å². The number of hydrogen-bond acceptors (Lipinski definition) is 3. The largest absolute Gasteiger partial charge is 0.465 e. The molecule has 4 saturated carbocycles. The Morgan fingerprint density at radius 2 is 1.83 bits per heavy atom. The van der Waals surface area contributed by atoms with Crippen LogP contribution in [-0.2, 0) is 11.3 Å². The highest BCUT2D eigenvalue weighted by Crippen LogP contribution is 2.59. The number of benzene rings is 1. The highest BCUT2D eigenvalue weighted by Gasteiger charge is 2.50. The number of rotatable bonds is 5. The van der Waals surface area contributed by atoms with Gasteiger partial charge in [0.2, 0.25) is 0 Å². The molecule has 0 atom stereocenters. The number of carbonyl (C=O) groups is 1. The van der Waals surface area contributed by atoms with Crippen LogP contribution in [0, 0.1) is 23.2 Å². The molecule has 4 aliphatic carbocycles. The number of ether oxygens (including phenoxy) is 1. The first kappa shape index (κ1) is 16.6. The predicted molar refractivity (Wildman–Crippen MR) is 97.8 cm³/mol. The molecule has 1 aromatic rings. The second-order valence-corrected chi connectivity index (χ2v) is 9.17. The van der Waals surface area contributed by atoms with E-state index in [0.29, 0.717) is 11.0 Å². The number of methoxy groups -OCH3 is 1. The number of carbonyl (C=O) groups excluding carboxylic acids is 1. The van der Waals surface area contributed by atoms with Gasteiger partial charge in [-0.3, -0.25) is 0 Å². The van der Waals surface area contributed by atoms with E-state index in [9.17, 15) is 4.79 Å². The van der Waals surface area contributed by atoms with Crippen molar-refractivity contribution in [3.8, 4) is 0 Å². The quantitative estimate of drug-likeness (QED) is 0.748. The molecule has 0 aromatic heterocycles. The van der Waals surface area contributed by atoms with Crippen molar-refractivity contribution >= 4 is 21.9 Å². The van der Waals surface area contributed by atoms with E-state index in [1.807, 2.05) is 18.2 Å². The van der Waals surface area contributed by atoms with Crippen LogP contribution < -0.4 is 5.32 Å². The maximum atomic E-state index is 11.6. The Balaban J connectivity index is 1.37. The van der Waals surface area contributed by atoms with Crippen LogP contribution in [0.25, 0.3) is 0 Å². The fourth-order valence-electron chi connectivity index (χ4n) is 5.90. The second kappa shape index (κ2) is 6.45. The lowest BCUT2D eigenvalue weighted by Crippen LogP contribution is -2.50. The SMILES string of the molecule is COC(=O)c1ccc(CNCC23CC4CC(CC(C4)C2)C3)c(Br)c1. The van der Waals surface area contributed by atoms with Crippen molar-refractivity contribution in [3.63, 3.8) is 0 Å². The molecule has 0 aliphatic heterocycles. The fraction of sp³-hybridized carbons (Fsp3) is 0.650. The average molecular weight is 392 g/mol. The van der Waals surface area contributed by atoms with Gasteiger partial charge in [-0.05, 0) is 79.4 Å². The molecule has 130 valence electrons. The molecule has 4 bridgehead atoms. The third kappa shape index (κ3) is 3.15. The summed E-state index contributed by atoms with van der Waals surface area (Å²) in [7, 11) is 1.41. The number of halogens is 1. The van der Waals surface area contributed by atoms with E-state index >= 15 is 0 Å². The van der Waals surface area contributed by atoms with Crippen LogP contribution in [0.5, 0.6) is 0 Å². The first-order valence-electron chi connectivity index (χ1n) is 9.14. The molecule has 0 heterocycles. The number of hydrogen-bond donors (Lipinski definition) is 1. The lowest BCUT2D eigenvalue weighted by atomic mass is 9.49. The van der Waals surface area contributed by atoms with Crippen LogP contribution in [0.3, 0.4) is 0 Å². The van der Waals surface area contributed by atoms with Crippen molar-refractivity contribution in [3.05, 3.63) is 33.8 Å². The van der Waals surface area contributed by atoms with Crippen LogP contribution in [0.1, 0.15) is 54.4 Å². The van der Waals surface area contributed by atoms with Gasteiger partial charge in [-0.2, -0.15) is 0 Å². The first-order chi connectivity index (χ1) is 11.6. The van der Waals surface area contributed by atoms with Crippen molar-refractivity contribution in [1.29, 1.82) is 0 Å². The Hall–Kier alpha value is -0.870. The molecule has 24 heavy (non-hydrogen) atoms. The maximum absolute atomic E-state index is 11.6. The van der Waals surface area contributed by atoms with Crippen molar-refractivity contribution in [2.45, 2.75) is 45.1 Å². The summed E-state index contributed by atoms with van der Waals surface area (Å²) in [6, 6.07) is 5.72. The Morgan fingerprint density at radius 1 is 1.21 bits per heavy atom. The van der Waals surface area contributed by atoms with E-state index in [1.54, 1.807) is 0 Å². The molecule has 4 aliphatic rings. The summed E-state index contributed by atoms with van der Waals surface area (Å²) in [5.41, 5.74) is 2.36. The predicted octanol–water partition coefficient (Wildman–Crippen LogP) is 4.54. The molecule has 0 unspecified atom stereocenters. The van der Waals surface area contributed by atoms with Gasteiger partial charge in [0.05, 0.1) is 12.7 Å². The molecular weight excluding hydrogens is 366 g/mol. The minimum Gasteiger partial charge on any atom is -0.465 e. The van der Waals surface area contributed by atoms with E-state index in [1.165, 1.54) is 51.2 Å². The van der Waals surface area contributed by atoms with E-state index in [4.69, 9.17) is 4.74 Å². The standard InChI is InChI=1S/C20H26BrNO2/c1-24-19(23)16-2-3-17(18(21)7-16)11-22-12-20-8-13-4-14(9-20)6-15(5-13)10-20/h2-3,7,13-15,22H,4-6,8-12H2,1H3. The zero-order valence-corrected chi connectivity index (χ0v) is 15.9. The third-order valence-electron chi connectivity index (χ3n) is 6.45. The van der Waals surface area contributed by atoms with Gasteiger partial charge in [-0.25, -0.2) is 4.79 Å². The van der Waals surface area contributed by atoms with Crippen molar-refractivity contribution in [2.24, 2.45) is 23.2 Å². The summed E-state index contributed by atoms with van der Waals surface area (Å²) in [6.45, 7) is 1.99. The summed E-state index contributed by atoms with van der Waals surface area (Å²) >= 11 is 3.59. The highest BCUT2D eigenvalue weighted by atomic mass is 79.9. The minimum absolute atomic E-state index is 0.288. The van der Waals surface area contributed by atoms with E-state index in [-0.39, 0.29) is 5.97 Å². The average Bonchev–Trinajstić information content (AvgIpc) is 2.54. The summed E-state index contributed by atoms with van der Waals surface area (Å²) in [6.07, 6.45) is 8.82. The summed E-state index contributed by atoms with van der Waals surface area (Å²) < 4.78 is 5.75. The molecular formula is C20H26BrNO2. The minimum atomic E-state index is -0.288. The molecule has 1 aromatic carbocycles. The number of nitrogens with one attached hydrogen (secondary N) is 1. The monoisotopic (exact) mass is 391 g/mol. The molecule has 5 rings (SSSR count). The Bertz CT molecular complexity index is 607. The molecule has 0 saturated heterocycles. The van der Waals surface area contributed by atoms with Gasteiger partial charge >= 0.3 is 5.97 Å². The summed E-state index contributed by atoms with van der Waals surface area (Å²) in [5.74, 6) is 2.72.